The molecule has 0 aromatic carbocycles. The van der Waals surface area contributed by atoms with Gasteiger partial charge in [0.05, 0.1) is 7.11 Å². The highest BCUT2D eigenvalue weighted by molar-refractivity contribution is 5.92. The van der Waals surface area contributed by atoms with Gasteiger partial charge in [-0.3, -0.25) is 9.59 Å². The first-order valence-corrected chi connectivity index (χ1v) is 9.42. The molecule has 1 saturated carbocycles. The Kier molecular flexibility index (Phi) is 5.61. The van der Waals surface area contributed by atoms with Crippen LogP contribution < -0.4 is 0 Å². The highest BCUT2D eigenvalue weighted by atomic mass is 16.5. The number of carbonyl (C=O) groups excluding carboxylic acids is 2. The summed E-state index contributed by atoms with van der Waals surface area (Å²) in [5.41, 5.74) is 1.58. The second-order valence-corrected chi connectivity index (χ2v) is 8.84. The van der Waals surface area contributed by atoms with Gasteiger partial charge in [-0.2, -0.15) is 0 Å². The number of esters is 1. The molecule has 3 heteroatoms. The Bertz CT molecular complexity index is 535. The predicted molar refractivity (Wildman–Crippen MR) is 96.5 cm³/mol. The van der Waals surface area contributed by atoms with Crippen molar-refractivity contribution in [2.24, 2.45) is 28.6 Å². The molecule has 3 nitrogen and oxygen atoms in total. The topological polar surface area (TPSA) is 43.4 Å². The lowest BCUT2D eigenvalue weighted by Crippen LogP contribution is -2.51. The molecular formula is C21H34O3. The summed E-state index contributed by atoms with van der Waals surface area (Å²) in [6.45, 7) is 11.4. The van der Waals surface area contributed by atoms with E-state index in [4.69, 9.17) is 4.74 Å². The lowest BCUT2D eigenvalue weighted by molar-refractivity contribution is -0.141. The second kappa shape index (κ2) is 7.01. The fourth-order valence-corrected chi connectivity index (χ4v) is 5.14. The van der Waals surface area contributed by atoms with E-state index in [9.17, 15) is 9.59 Å². The molecule has 0 aromatic heterocycles. The minimum Gasteiger partial charge on any atom is -0.469 e. The van der Waals surface area contributed by atoms with Crippen LogP contribution in [-0.2, 0) is 14.3 Å². The van der Waals surface area contributed by atoms with Crippen LogP contribution in [0.4, 0.5) is 0 Å². The Labute approximate surface area is 147 Å². The molecule has 1 fully saturated rings. The number of fused-ring (bicyclic) bond motifs is 1. The normalized spacial score (nSPS) is 37.4. The Balaban J connectivity index is 2.17. The van der Waals surface area contributed by atoms with E-state index in [0.717, 1.165) is 12.8 Å². The lowest BCUT2D eigenvalue weighted by Gasteiger charge is -2.57. The molecule has 0 bridgehead atoms. The number of ether oxygens (including phenoxy) is 1. The van der Waals surface area contributed by atoms with Crippen molar-refractivity contribution in [3.63, 3.8) is 0 Å². The van der Waals surface area contributed by atoms with Gasteiger partial charge in [0.25, 0.3) is 0 Å². The standard InChI is InChI=1S/C21H34O3/c1-14(11-19(23)24-6)7-9-20(4)15(2)8-10-21(5)16(3)12-17(22)13-18(20)21/h12,14-15,18H,7-11,13H2,1-6H3/t14-,15-,18-,20+,21+/m1/s1. The van der Waals surface area contributed by atoms with Crippen LogP contribution in [0.5, 0.6) is 0 Å². The van der Waals surface area contributed by atoms with E-state index in [1.807, 2.05) is 6.08 Å². The molecule has 0 aliphatic heterocycles. The van der Waals surface area contributed by atoms with Crippen molar-refractivity contribution in [1.29, 1.82) is 0 Å². The SMILES string of the molecule is COC(=O)C[C@H](C)CC[C@@]1(C)[C@H](C)CC[C@@]2(C)C(C)=CC(=O)C[C@H]12. The molecule has 0 radical (unpaired) electrons. The Morgan fingerprint density at radius 2 is 2.08 bits per heavy atom. The van der Waals surface area contributed by atoms with Gasteiger partial charge in [0.15, 0.2) is 5.78 Å². The number of hydrogen-bond acceptors (Lipinski definition) is 3. The largest absolute Gasteiger partial charge is 0.469 e. The minimum atomic E-state index is -0.124. The van der Waals surface area contributed by atoms with Gasteiger partial charge in [0, 0.05) is 12.8 Å². The molecule has 24 heavy (non-hydrogen) atoms. The molecule has 136 valence electrons. The van der Waals surface area contributed by atoms with Gasteiger partial charge in [-0.25, -0.2) is 0 Å². The van der Waals surface area contributed by atoms with Crippen LogP contribution in [0, 0.1) is 28.6 Å². The van der Waals surface area contributed by atoms with Gasteiger partial charge in [0.1, 0.15) is 0 Å². The number of methoxy groups -OCH3 is 1. The van der Waals surface area contributed by atoms with Crippen LogP contribution in [0.15, 0.2) is 11.6 Å². The molecule has 0 amide bonds. The molecule has 0 spiro atoms. The molecule has 0 unspecified atom stereocenters. The maximum absolute atomic E-state index is 12.2. The second-order valence-electron chi connectivity index (χ2n) is 8.84. The van der Waals surface area contributed by atoms with Crippen LogP contribution in [0.1, 0.15) is 73.1 Å². The summed E-state index contributed by atoms with van der Waals surface area (Å²) in [5, 5.41) is 0. The number of rotatable bonds is 5. The lowest BCUT2D eigenvalue weighted by atomic mass is 9.46. The van der Waals surface area contributed by atoms with Gasteiger partial charge in [-0.15, -0.1) is 0 Å². The quantitative estimate of drug-likeness (QED) is 0.669. The summed E-state index contributed by atoms with van der Waals surface area (Å²) in [6, 6.07) is 0. The average Bonchev–Trinajstić information content (AvgIpc) is 2.52. The van der Waals surface area contributed by atoms with E-state index < -0.39 is 0 Å². The Hall–Kier alpha value is -1.12. The minimum absolute atomic E-state index is 0.124. The third kappa shape index (κ3) is 3.45. The highest BCUT2D eigenvalue weighted by Crippen LogP contribution is 2.61. The van der Waals surface area contributed by atoms with Crippen LogP contribution in [0.25, 0.3) is 0 Å². The predicted octanol–water partition coefficient (Wildman–Crippen LogP) is 4.94. The van der Waals surface area contributed by atoms with E-state index in [1.165, 1.54) is 25.5 Å². The number of ketones is 1. The molecule has 0 saturated heterocycles. The van der Waals surface area contributed by atoms with E-state index in [0.29, 0.717) is 30.6 Å². The van der Waals surface area contributed by atoms with E-state index in [1.54, 1.807) is 0 Å². The smallest absolute Gasteiger partial charge is 0.305 e. The summed E-state index contributed by atoms with van der Waals surface area (Å²) >= 11 is 0. The molecule has 2 rings (SSSR count). The zero-order valence-corrected chi connectivity index (χ0v) is 16.3. The van der Waals surface area contributed by atoms with Crippen LogP contribution in [0.3, 0.4) is 0 Å². The first kappa shape index (κ1) is 19.2. The van der Waals surface area contributed by atoms with Gasteiger partial charge >= 0.3 is 5.97 Å². The van der Waals surface area contributed by atoms with Crippen LogP contribution >= 0.6 is 0 Å². The zero-order chi connectivity index (χ0) is 18.1. The molecule has 2 aliphatic rings. The maximum atomic E-state index is 12.2. The summed E-state index contributed by atoms with van der Waals surface area (Å²) in [4.78, 5) is 23.8. The van der Waals surface area contributed by atoms with Gasteiger partial charge in [-0.1, -0.05) is 33.3 Å². The maximum Gasteiger partial charge on any atom is 0.305 e. The van der Waals surface area contributed by atoms with Crippen molar-refractivity contribution in [2.45, 2.75) is 73.1 Å². The van der Waals surface area contributed by atoms with E-state index >= 15 is 0 Å². The molecule has 5 atom stereocenters. The van der Waals surface area contributed by atoms with Crippen molar-refractivity contribution in [1.82, 2.24) is 0 Å². The molecule has 2 aliphatic carbocycles. The summed E-state index contributed by atoms with van der Waals surface area (Å²) < 4.78 is 4.80. The first-order chi connectivity index (χ1) is 11.1. The van der Waals surface area contributed by atoms with Crippen LogP contribution in [-0.4, -0.2) is 18.9 Å². The average molecular weight is 335 g/mol. The summed E-state index contributed by atoms with van der Waals surface area (Å²) in [7, 11) is 1.45. The van der Waals surface area contributed by atoms with Gasteiger partial charge in [0.2, 0.25) is 0 Å². The monoisotopic (exact) mass is 334 g/mol. The number of allylic oxidation sites excluding steroid dienone is 2. The van der Waals surface area contributed by atoms with E-state index in [-0.39, 0.29) is 22.6 Å². The number of hydrogen-bond donors (Lipinski definition) is 0. The molecule has 0 aromatic rings. The van der Waals surface area contributed by atoms with Crippen LogP contribution in [0.2, 0.25) is 0 Å². The number of carbonyl (C=O) groups is 2. The fraction of sp³-hybridized carbons (Fsp3) is 0.810. The first-order valence-electron chi connectivity index (χ1n) is 9.42. The fourth-order valence-electron chi connectivity index (χ4n) is 5.14. The summed E-state index contributed by atoms with van der Waals surface area (Å²) in [6.07, 6.45) is 7.54. The van der Waals surface area contributed by atoms with Crippen molar-refractivity contribution < 1.29 is 14.3 Å². The van der Waals surface area contributed by atoms with Crippen molar-refractivity contribution in [3.05, 3.63) is 11.6 Å². The van der Waals surface area contributed by atoms with Crippen molar-refractivity contribution >= 4 is 11.8 Å². The molecule has 0 heterocycles. The third-order valence-corrected chi connectivity index (χ3v) is 7.39. The third-order valence-electron chi connectivity index (χ3n) is 7.39. The van der Waals surface area contributed by atoms with Crippen molar-refractivity contribution in [2.75, 3.05) is 7.11 Å². The van der Waals surface area contributed by atoms with Gasteiger partial charge < -0.3 is 4.74 Å². The molecular weight excluding hydrogens is 300 g/mol. The zero-order valence-electron chi connectivity index (χ0n) is 16.3. The van der Waals surface area contributed by atoms with Crippen molar-refractivity contribution in [3.8, 4) is 0 Å². The summed E-state index contributed by atoms with van der Waals surface area (Å²) in [5.74, 6) is 1.51. The van der Waals surface area contributed by atoms with E-state index in [2.05, 4.69) is 34.6 Å². The Morgan fingerprint density at radius 3 is 2.71 bits per heavy atom. The Morgan fingerprint density at radius 1 is 1.42 bits per heavy atom. The van der Waals surface area contributed by atoms with Gasteiger partial charge in [-0.05, 0) is 67.3 Å². The molecule has 0 N–H and O–H groups in total. The highest BCUT2D eigenvalue weighted by Gasteiger charge is 2.54.